The zero-order valence-electron chi connectivity index (χ0n) is 8.60. The van der Waals surface area contributed by atoms with E-state index in [4.69, 9.17) is 4.74 Å². The van der Waals surface area contributed by atoms with Crippen LogP contribution in [0.3, 0.4) is 0 Å². The van der Waals surface area contributed by atoms with Crippen molar-refractivity contribution in [3.8, 4) is 0 Å². The monoisotopic (exact) mass is 233 g/mol. The molecule has 0 saturated carbocycles. The number of methoxy groups -OCH3 is 1. The lowest BCUT2D eigenvalue weighted by atomic mass is 10.1. The van der Waals surface area contributed by atoms with Crippen molar-refractivity contribution in [2.75, 3.05) is 26.1 Å². The normalized spacial score (nSPS) is 40.6. The van der Waals surface area contributed by atoms with Gasteiger partial charge in [-0.1, -0.05) is 0 Å². The van der Waals surface area contributed by atoms with Gasteiger partial charge in [-0.2, -0.15) is 0 Å². The van der Waals surface area contributed by atoms with Gasteiger partial charge in [-0.15, -0.1) is 0 Å². The van der Waals surface area contributed by atoms with Crippen molar-refractivity contribution in [1.82, 2.24) is 5.32 Å². The summed E-state index contributed by atoms with van der Waals surface area (Å²) in [6.45, 7) is 1.19. The maximum atomic E-state index is 11.8. The maximum Gasteiger partial charge on any atom is 0.323 e. The Bertz CT molecular complexity index is 283. The second kappa shape index (κ2) is 4.59. The van der Waals surface area contributed by atoms with Crippen molar-refractivity contribution in [2.45, 2.75) is 23.8 Å². The van der Waals surface area contributed by atoms with Gasteiger partial charge in [0, 0.05) is 23.4 Å². The molecule has 0 aliphatic carbocycles. The first-order valence-electron chi connectivity index (χ1n) is 5.01. The Morgan fingerprint density at radius 1 is 1.60 bits per heavy atom. The van der Waals surface area contributed by atoms with E-state index in [1.54, 1.807) is 0 Å². The summed E-state index contributed by atoms with van der Waals surface area (Å²) in [6, 6.07) is -0.299. The lowest BCUT2D eigenvalue weighted by Gasteiger charge is -2.38. The van der Waals surface area contributed by atoms with Gasteiger partial charge in [-0.3, -0.25) is 14.3 Å². The number of hydrogen-bond donors (Lipinski definition) is 1. The molecule has 5 nitrogen and oxygen atoms in total. The third kappa shape index (κ3) is 2.21. The van der Waals surface area contributed by atoms with E-state index in [-0.39, 0.29) is 17.3 Å². The molecule has 0 spiro atoms. The number of esters is 1. The second-order valence-electron chi connectivity index (χ2n) is 3.80. The highest BCUT2D eigenvalue weighted by atomic mass is 32.2. The van der Waals surface area contributed by atoms with Crippen molar-refractivity contribution in [3.63, 3.8) is 0 Å². The van der Waals surface area contributed by atoms with Crippen molar-refractivity contribution in [1.29, 1.82) is 0 Å². The second-order valence-corrected chi connectivity index (χ2v) is 5.50. The number of ether oxygens (including phenoxy) is 2. The SMILES string of the molecule is COC(=O)C1CS(=O)C2COCCC2N1. The molecule has 86 valence electrons. The number of carbonyl (C=O) groups excluding carboxylic acids is 1. The highest BCUT2D eigenvalue weighted by Gasteiger charge is 2.40. The van der Waals surface area contributed by atoms with Crippen LogP contribution in [0.25, 0.3) is 0 Å². The average molecular weight is 233 g/mol. The molecule has 2 aliphatic rings. The Morgan fingerprint density at radius 2 is 2.40 bits per heavy atom. The van der Waals surface area contributed by atoms with E-state index in [9.17, 15) is 9.00 Å². The lowest BCUT2D eigenvalue weighted by molar-refractivity contribution is -0.143. The van der Waals surface area contributed by atoms with Gasteiger partial charge in [0.05, 0.1) is 24.7 Å². The van der Waals surface area contributed by atoms with E-state index in [0.717, 1.165) is 6.42 Å². The number of carbonyl (C=O) groups is 1. The van der Waals surface area contributed by atoms with E-state index in [0.29, 0.717) is 19.0 Å². The van der Waals surface area contributed by atoms with E-state index < -0.39 is 16.8 Å². The number of fused-ring (bicyclic) bond motifs is 1. The van der Waals surface area contributed by atoms with Gasteiger partial charge in [0.25, 0.3) is 0 Å². The third-order valence-corrected chi connectivity index (χ3v) is 4.68. The molecule has 0 radical (unpaired) electrons. The molecule has 2 aliphatic heterocycles. The number of nitrogens with one attached hydrogen (secondary N) is 1. The van der Waals surface area contributed by atoms with Gasteiger partial charge in [-0.25, -0.2) is 0 Å². The van der Waals surface area contributed by atoms with Crippen LogP contribution < -0.4 is 5.32 Å². The van der Waals surface area contributed by atoms with E-state index in [1.807, 2.05) is 0 Å². The summed E-state index contributed by atoms with van der Waals surface area (Å²) in [4.78, 5) is 11.3. The minimum atomic E-state index is -0.997. The van der Waals surface area contributed by atoms with Gasteiger partial charge in [0.1, 0.15) is 6.04 Å². The zero-order valence-corrected chi connectivity index (χ0v) is 9.42. The fourth-order valence-corrected chi connectivity index (χ4v) is 3.67. The van der Waals surface area contributed by atoms with E-state index >= 15 is 0 Å². The minimum absolute atomic E-state index is 0.0275. The summed E-state index contributed by atoms with van der Waals surface area (Å²) >= 11 is 0. The first-order chi connectivity index (χ1) is 7.22. The molecule has 2 saturated heterocycles. The van der Waals surface area contributed by atoms with Crippen LogP contribution in [0.5, 0.6) is 0 Å². The van der Waals surface area contributed by atoms with Gasteiger partial charge >= 0.3 is 5.97 Å². The molecule has 2 heterocycles. The molecular formula is C9H15NO4S. The fourth-order valence-electron chi connectivity index (χ4n) is 2.03. The maximum absolute atomic E-state index is 11.8. The molecule has 0 bridgehead atoms. The van der Waals surface area contributed by atoms with E-state index in [1.165, 1.54) is 7.11 Å². The molecule has 2 rings (SSSR count). The smallest absolute Gasteiger partial charge is 0.323 e. The van der Waals surface area contributed by atoms with Crippen LogP contribution in [0.15, 0.2) is 0 Å². The van der Waals surface area contributed by atoms with Crippen LogP contribution in [0, 0.1) is 0 Å². The third-order valence-electron chi connectivity index (χ3n) is 2.87. The Labute approximate surface area is 91.0 Å². The standard InChI is InChI=1S/C9H15NO4S/c1-13-9(11)7-5-15(12)8-4-14-3-2-6(8)10-7/h6-8,10H,2-5H2,1H3. The highest BCUT2D eigenvalue weighted by molar-refractivity contribution is 7.85. The first kappa shape index (κ1) is 11.0. The topological polar surface area (TPSA) is 64.6 Å². The molecule has 0 aromatic heterocycles. The Morgan fingerprint density at radius 3 is 3.13 bits per heavy atom. The molecule has 1 N–H and O–H groups in total. The average Bonchev–Trinajstić information content (AvgIpc) is 2.28. The van der Waals surface area contributed by atoms with Gasteiger partial charge in [0.15, 0.2) is 0 Å². The molecule has 6 heteroatoms. The largest absolute Gasteiger partial charge is 0.468 e. The first-order valence-corrected chi connectivity index (χ1v) is 6.39. The summed E-state index contributed by atoms with van der Waals surface area (Å²) in [7, 11) is 0.353. The fraction of sp³-hybridized carbons (Fsp3) is 0.889. The Balaban J connectivity index is 2.05. The zero-order chi connectivity index (χ0) is 10.8. The van der Waals surface area contributed by atoms with Crippen LogP contribution in [0.1, 0.15) is 6.42 Å². The summed E-state index contributed by atoms with van der Waals surface area (Å²) < 4.78 is 21.8. The summed E-state index contributed by atoms with van der Waals surface area (Å²) in [5, 5.41) is 3.22. The Hall–Kier alpha value is -0.460. The van der Waals surface area contributed by atoms with Crippen LogP contribution in [0.2, 0.25) is 0 Å². The van der Waals surface area contributed by atoms with Crippen molar-refractivity contribution in [2.24, 2.45) is 0 Å². The van der Waals surface area contributed by atoms with Crippen LogP contribution in [-0.4, -0.2) is 53.6 Å². The van der Waals surface area contributed by atoms with Crippen LogP contribution >= 0.6 is 0 Å². The van der Waals surface area contributed by atoms with Gasteiger partial charge in [0.2, 0.25) is 0 Å². The van der Waals surface area contributed by atoms with E-state index in [2.05, 4.69) is 10.1 Å². The molecule has 0 amide bonds. The molecule has 4 unspecified atom stereocenters. The number of rotatable bonds is 1. The molecule has 0 aromatic carbocycles. The summed E-state index contributed by atoms with van der Waals surface area (Å²) in [5.41, 5.74) is 0. The van der Waals surface area contributed by atoms with Crippen LogP contribution in [0.4, 0.5) is 0 Å². The predicted molar refractivity (Wildman–Crippen MR) is 55.0 cm³/mol. The number of hydrogen-bond acceptors (Lipinski definition) is 5. The molecule has 4 atom stereocenters. The molecular weight excluding hydrogens is 218 g/mol. The summed E-state index contributed by atoms with van der Waals surface area (Å²) in [6.07, 6.45) is 0.809. The van der Waals surface area contributed by atoms with Gasteiger partial charge in [-0.05, 0) is 6.42 Å². The molecule has 0 aromatic rings. The summed E-state index contributed by atoms with van der Waals surface area (Å²) in [5.74, 6) is 0.00490. The highest BCUT2D eigenvalue weighted by Crippen LogP contribution is 2.19. The van der Waals surface area contributed by atoms with Crippen molar-refractivity contribution >= 4 is 16.8 Å². The van der Waals surface area contributed by atoms with Gasteiger partial charge < -0.3 is 9.47 Å². The van der Waals surface area contributed by atoms with Crippen molar-refractivity contribution < 1.29 is 18.5 Å². The molecule has 2 fully saturated rings. The van der Waals surface area contributed by atoms with Crippen LogP contribution in [-0.2, 0) is 25.1 Å². The predicted octanol–water partition coefficient (Wildman–Crippen LogP) is -0.963. The molecule has 15 heavy (non-hydrogen) atoms. The van der Waals surface area contributed by atoms with Crippen molar-refractivity contribution in [3.05, 3.63) is 0 Å². The minimum Gasteiger partial charge on any atom is -0.468 e. The quantitative estimate of drug-likeness (QED) is 0.591. The lowest BCUT2D eigenvalue weighted by Crippen LogP contribution is -2.61. The Kier molecular flexibility index (Phi) is 3.38.